The van der Waals surface area contributed by atoms with Crippen LogP contribution in [0.15, 0.2) is 86.7 Å². The second-order valence-corrected chi connectivity index (χ2v) is 8.87. The summed E-state index contributed by atoms with van der Waals surface area (Å²) in [4.78, 5) is 30.2. The van der Waals surface area contributed by atoms with E-state index in [4.69, 9.17) is 28.2 Å². The standard InChI is InChI=1S/C24H19ClN2O3S2/c1-2-14-26-22(28)20(23(29)27(24(26)31)17-6-4-3-5-7-17)15-18-10-13-21(30-18)32-19-11-8-16(25)9-12-19/h3-13,15H,2,14H2,1H3/b20-15+. The molecule has 0 aliphatic carbocycles. The monoisotopic (exact) mass is 482 g/mol. The molecule has 2 aromatic carbocycles. The van der Waals surface area contributed by atoms with E-state index in [9.17, 15) is 9.59 Å². The summed E-state index contributed by atoms with van der Waals surface area (Å²) in [6.45, 7) is 2.37. The van der Waals surface area contributed by atoms with Crippen molar-refractivity contribution in [1.29, 1.82) is 0 Å². The zero-order valence-corrected chi connectivity index (χ0v) is 19.5. The molecular weight excluding hydrogens is 464 g/mol. The number of benzene rings is 2. The van der Waals surface area contributed by atoms with Gasteiger partial charge in [-0.3, -0.25) is 19.4 Å². The van der Waals surface area contributed by atoms with Gasteiger partial charge in [0.1, 0.15) is 11.3 Å². The van der Waals surface area contributed by atoms with Gasteiger partial charge >= 0.3 is 0 Å². The molecule has 2 amide bonds. The molecule has 2 heterocycles. The van der Waals surface area contributed by atoms with Crippen molar-refractivity contribution in [3.63, 3.8) is 0 Å². The Labute approximate surface area is 200 Å². The van der Waals surface area contributed by atoms with Gasteiger partial charge in [0, 0.05) is 16.5 Å². The minimum absolute atomic E-state index is 0.00768. The second-order valence-electron chi connectivity index (χ2n) is 6.99. The Bertz CT molecular complexity index is 1190. The lowest BCUT2D eigenvalue weighted by Crippen LogP contribution is -2.56. The molecule has 0 atom stereocenters. The van der Waals surface area contributed by atoms with Crippen LogP contribution in [0.5, 0.6) is 0 Å². The molecule has 1 fully saturated rings. The van der Waals surface area contributed by atoms with Crippen molar-refractivity contribution in [2.24, 2.45) is 0 Å². The molecule has 0 unspecified atom stereocenters. The van der Waals surface area contributed by atoms with Crippen molar-refractivity contribution < 1.29 is 14.0 Å². The third kappa shape index (κ3) is 4.65. The van der Waals surface area contributed by atoms with Crippen molar-refractivity contribution in [3.05, 3.63) is 83.1 Å². The van der Waals surface area contributed by atoms with Crippen molar-refractivity contribution in [2.45, 2.75) is 23.3 Å². The minimum atomic E-state index is -0.471. The highest BCUT2D eigenvalue weighted by Gasteiger charge is 2.40. The van der Waals surface area contributed by atoms with Gasteiger partial charge in [-0.2, -0.15) is 0 Å². The molecule has 0 saturated carbocycles. The van der Waals surface area contributed by atoms with E-state index in [0.717, 1.165) is 4.90 Å². The van der Waals surface area contributed by atoms with Crippen LogP contribution in [0.25, 0.3) is 6.08 Å². The lowest BCUT2D eigenvalue weighted by Gasteiger charge is -2.36. The predicted molar refractivity (Wildman–Crippen MR) is 131 cm³/mol. The summed E-state index contributed by atoms with van der Waals surface area (Å²) in [5.74, 6) is -0.477. The van der Waals surface area contributed by atoms with Gasteiger partial charge in [-0.15, -0.1) is 0 Å². The van der Waals surface area contributed by atoms with Gasteiger partial charge in [0.05, 0.1) is 5.69 Å². The Hall–Kier alpha value is -2.87. The third-order valence-electron chi connectivity index (χ3n) is 4.71. The Morgan fingerprint density at radius 2 is 1.72 bits per heavy atom. The van der Waals surface area contributed by atoms with Gasteiger partial charge in [-0.1, -0.05) is 48.5 Å². The molecule has 4 rings (SSSR count). The second kappa shape index (κ2) is 9.73. The van der Waals surface area contributed by atoms with Crippen LogP contribution in [0, 0.1) is 0 Å². The van der Waals surface area contributed by atoms with Gasteiger partial charge < -0.3 is 4.42 Å². The van der Waals surface area contributed by atoms with Crippen LogP contribution in [0.2, 0.25) is 5.02 Å². The van der Waals surface area contributed by atoms with E-state index in [1.807, 2.05) is 37.3 Å². The van der Waals surface area contributed by atoms with E-state index in [2.05, 4.69) is 0 Å². The molecule has 0 bridgehead atoms. The number of furan rings is 1. The van der Waals surface area contributed by atoms with Gasteiger partial charge in [0.15, 0.2) is 10.2 Å². The lowest BCUT2D eigenvalue weighted by molar-refractivity contribution is -0.127. The zero-order valence-electron chi connectivity index (χ0n) is 17.2. The maximum atomic E-state index is 13.3. The number of para-hydroxylation sites is 1. The molecule has 8 heteroatoms. The highest BCUT2D eigenvalue weighted by atomic mass is 35.5. The molecule has 162 valence electrons. The number of hydrogen-bond acceptors (Lipinski definition) is 5. The Morgan fingerprint density at radius 3 is 2.41 bits per heavy atom. The van der Waals surface area contributed by atoms with E-state index >= 15 is 0 Å². The first kappa shape index (κ1) is 22.3. The normalized spacial score (nSPS) is 15.7. The number of carbonyl (C=O) groups excluding carboxylic acids is 2. The van der Waals surface area contributed by atoms with Crippen LogP contribution in [-0.4, -0.2) is 28.4 Å². The maximum Gasteiger partial charge on any atom is 0.270 e. The number of rotatable bonds is 6. The topological polar surface area (TPSA) is 53.8 Å². The first-order chi connectivity index (χ1) is 15.5. The fraction of sp³-hybridized carbons (Fsp3) is 0.125. The third-order valence-corrected chi connectivity index (χ3v) is 6.30. The summed E-state index contributed by atoms with van der Waals surface area (Å²) in [5.41, 5.74) is 0.619. The highest BCUT2D eigenvalue weighted by molar-refractivity contribution is 7.99. The van der Waals surface area contributed by atoms with Crippen molar-refractivity contribution in [1.82, 2.24) is 4.90 Å². The smallest absolute Gasteiger partial charge is 0.270 e. The summed E-state index contributed by atoms with van der Waals surface area (Å²) in [7, 11) is 0. The van der Waals surface area contributed by atoms with Crippen molar-refractivity contribution in [3.8, 4) is 0 Å². The first-order valence-electron chi connectivity index (χ1n) is 9.98. The van der Waals surface area contributed by atoms with Gasteiger partial charge in [0.25, 0.3) is 11.8 Å². The first-order valence-corrected chi connectivity index (χ1v) is 11.6. The molecule has 1 saturated heterocycles. The number of halogens is 1. The molecule has 5 nitrogen and oxygen atoms in total. The number of hydrogen-bond donors (Lipinski definition) is 0. The van der Waals surface area contributed by atoms with E-state index in [-0.39, 0.29) is 10.7 Å². The summed E-state index contributed by atoms with van der Waals surface area (Å²) in [5, 5.41) is 1.48. The summed E-state index contributed by atoms with van der Waals surface area (Å²) < 4.78 is 5.86. The summed E-state index contributed by atoms with van der Waals surface area (Å²) in [6.07, 6.45) is 2.19. The average molecular weight is 483 g/mol. The van der Waals surface area contributed by atoms with E-state index in [1.165, 1.54) is 27.6 Å². The lowest BCUT2D eigenvalue weighted by atomic mass is 10.1. The molecule has 3 aromatic rings. The number of carbonyl (C=O) groups is 2. The number of nitrogens with zero attached hydrogens (tertiary/aromatic N) is 2. The van der Waals surface area contributed by atoms with E-state index in [1.54, 1.807) is 36.4 Å². The minimum Gasteiger partial charge on any atom is -0.450 e. The van der Waals surface area contributed by atoms with E-state index < -0.39 is 11.8 Å². The molecule has 32 heavy (non-hydrogen) atoms. The fourth-order valence-electron chi connectivity index (χ4n) is 3.23. The molecule has 1 aliphatic rings. The largest absolute Gasteiger partial charge is 0.450 e. The predicted octanol–water partition coefficient (Wildman–Crippen LogP) is 6.04. The van der Waals surface area contributed by atoms with Crippen LogP contribution >= 0.6 is 35.6 Å². The SMILES string of the molecule is CCCN1C(=O)/C(=C\c2ccc(Sc3ccc(Cl)cc3)o2)C(=O)N(c2ccccc2)C1=S. The van der Waals surface area contributed by atoms with Crippen LogP contribution in [0.4, 0.5) is 5.69 Å². The maximum absolute atomic E-state index is 13.3. The molecule has 0 spiro atoms. The highest BCUT2D eigenvalue weighted by Crippen LogP contribution is 2.32. The molecule has 1 aromatic heterocycles. The van der Waals surface area contributed by atoms with Crippen LogP contribution < -0.4 is 4.90 Å². The Morgan fingerprint density at radius 1 is 1.00 bits per heavy atom. The summed E-state index contributed by atoms with van der Waals surface area (Å²) in [6, 6.07) is 20.0. The van der Waals surface area contributed by atoms with Gasteiger partial charge in [-0.05, 0) is 73.2 Å². The molecule has 0 N–H and O–H groups in total. The molecule has 0 radical (unpaired) electrons. The van der Waals surface area contributed by atoms with Gasteiger partial charge in [-0.25, -0.2) is 0 Å². The number of thiocarbonyl (C=S) groups is 1. The summed E-state index contributed by atoms with van der Waals surface area (Å²) >= 11 is 12.9. The van der Waals surface area contributed by atoms with Crippen molar-refractivity contribution >= 4 is 64.3 Å². The van der Waals surface area contributed by atoms with Crippen LogP contribution in [0.1, 0.15) is 19.1 Å². The zero-order chi connectivity index (χ0) is 22.7. The number of amides is 2. The Balaban J connectivity index is 1.65. The van der Waals surface area contributed by atoms with Crippen LogP contribution in [-0.2, 0) is 9.59 Å². The molecule has 1 aliphatic heterocycles. The van der Waals surface area contributed by atoms with Crippen molar-refractivity contribution in [2.75, 3.05) is 11.4 Å². The quantitative estimate of drug-likeness (QED) is 0.243. The van der Waals surface area contributed by atoms with E-state index in [0.29, 0.717) is 34.5 Å². The molecular formula is C24H19ClN2O3S2. The van der Waals surface area contributed by atoms with Gasteiger partial charge in [0.2, 0.25) is 0 Å². The fourth-order valence-corrected chi connectivity index (χ4v) is 4.50. The Kier molecular flexibility index (Phi) is 6.79. The average Bonchev–Trinajstić information content (AvgIpc) is 3.23. The van der Waals surface area contributed by atoms with Crippen LogP contribution in [0.3, 0.4) is 0 Å². The number of anilines is 1.